The Morgan fingerprint density at radius 3 is 2.07 bits per heavy atom. The molecule has 0 saturated carbocycles. The summed E-state index contributed by atoms with van der Waals surface area (Å²) in [4.78, 5) is 11.1. The normalized spacial score (nSPS) is 11.1. The van der Waals surface area contributed by atoms with Crippen molar-refractivity contribution in [3.05, 3.63) is 35.9 Å². The molecule has 0 aliphatic rings. The lowest BCUT2D eigenvalue weighted by Gasteiger charge is -2.12. The smallest absolute Gasteiger partial charge is 0.151 e. The van der Waals surface area contributed by atoms with Gasteiger partial charge < -0.3 is 5.32 Å². The molecule has 0 aliphatic carbocycles. The van der Waals surface area contributed by atoms with Crippen molar-refractivity contribution in [1.29, 1.82) is 0 Å². The predicted molar refractivity (Wildman–Crippen MR) is 60.3 cm³/mol. The fourth-order valence-corrected chi connectivity index (χ4v) is 1.25. The van der Waals surface area contributed by atoms with Crippen LogP contribution in [0.5, 0.6) is 0 Å². The molecule has 0 fully saturated rings. The van der Waals surface area contributed by atoms with Crippen molar-refractivity contribution in [2.45, 2.75) is 26.8 Å². The molecule has 78 valence electrons. The summed E-state index contributed by atoms with van der Waals surface area (Å²) in [7, 11) is 1.79. The minimum absolute atomic E-state index is 0.142. The standard InChI is InChI=1S/C10H13NO.C2H6/c1-8(12)10(11-2)9-6-4-3-5-7-9;1-2/h3-7,10-11H,1-2H3;1-2H3. The molecule has 0 bridgehead atoms. The molecule has 1 aromatic rings. The Hall–Kier alpha value is -1.15. The Labute approximate surface area is 86.3 Å². The van der Waals surface area contributed by atoms with Crippen molar-refractivity contribution in [2.75, 3.05) is 7.05 Å². The average Bonchev–Trinajstić information content (AvgIpc) is 2.23. The van der Waals surface area contributed by atoms with Crippen molar-refractivity contribution in [1.82, 2.24) is 5.32 Å². The lowest BCUT2D eigenvalue weighted by Crippen LogP contribution is -2.22. The van der Waals surface area contributed by atoms with E-state index in [-0.39, 0.29) is 11.8 Å². The van der Waals surface area contributed by atoms with Gasteiger partial charge in [-0.2, -0.15) is 0 Å². The van der Waals surface area contributed by atoms with Gasteiger partial charge in [0.05, 0.1) is 6.04 Å². The van der Waals surface area contributed by atoms with Gasteiger partial charge in [-0.3, -0.25) is 4.79 Å². The Bertz CT molecular complexity index is 256. The lowest BCUT2D eigenvalue weighted by atomic mass is 10.0. The molecule has 2 heteroatoms. The molecule has 0 amide bonds. The largest absolute Gasteiger partial charge is 0.307 e. The average molecular weight is 193 g/mol. The number of likely N-dealkylation sites (N-methyl/N-ethyl adjacent to an activating group) is 1. The number of hydrogen-bond acceptors (Lipinski definition) is 2. The SMILES string of the molecule is CC.CNC(C(C)=O)c1ccccc1. The van der Waals surface area contributed by atoms with Gasteiger partial charge in [-0.1, -0.05) is 44.2 Å². The Morgan fingerprint density at radius 2 is 1.71 bits per heavy atom. The van der Waals surface area contributed by atoms with E-state index in [2.05, 4.69) is 5.32 Å². The number of carbonyl (C=O) groups is 1. The zero-order chi connectivity index (χ0) is 11.0. The number of hydrogen-bond donors (Lipinski definition) is 1. The van der Waals surface area contributed by atoms with Crippen LogP contribution in [0.4, 0.5) is 0 Å². The van der Waals surface area contributed by atoms with Crippen molar-refractivity contribution >= 4 is 5.78 Å². The van der Waals surface area contributed by atoms with E-state index in [4.69, 9.17) is 0 Å². The number of nitrogens with one attached hydrogen (secondary N) is 1. The summed E-state index contributed by atoms with van der Waals surface area (Å²) in [6.45, 7) is 5.59. The molecule has 0 spiro atoms. The molecule has 1 N–H and O–H groups in total. The van der Waals surface area contributed by atoms with Crippen molar-refractivity contribution in [3.63, 3.8) is 0 Å². The molecule has 0 heterocycles. The van der Waals surface area contributed by atoms with Crippen molar-refractivity contribution in [2.24, 2.45) is 0 Å². The number of carbonyl (C=O) groups excluding carboxylic acids is 1. The molecule has 2 nitrogen and oxygen atoms in total. The first kappa shape index (κ1) is 12.8. The van der Waals surface area contributed by atoms with Crippen LogP contribution in [0.15, 0.2) is 30.3 Å². The minimum atomic E-state index is -0.161. The van der Waals surface area contributed by atoms with Gasteiger partial charge in [0.25, 0.3) is 0 Å². The zero-order valence-corrected chi connectivity index (χ0v) is 9.37. The van der Waals surface area contributed by atoms with Crippen molar-refractivity contribution < 1.29 is 4.79 Å². The lowest BCUT2D eigenvalue weighted by molar-refractivity contribution is -0.119. The van der Waals surface area contributed by atoms with Crippen LogP contribution in [0.1, 0.15) is 32.4 Å². The van der Waals surface area contributed by atoms with Gasteiger partial charge in [0.15, 0.2) is 5.78 Å². The highest BCUT2D eigenvalue weighted by Gasteiger charge is 2.12. The summed E-state index contributed by atoms with van der Waals surface area (Å²) >= 11 is 0. The van der Waals surface area contributed by atoms with Gasteiger partial charge in [0, 0.05) is 0 Å². The first-order valence-electron chi connectivity index (χ1n) is 4.98. The van der Waals surface area contributed by atoms with Gasteiger partial charge in [-0.05, 0) is 19.5 Å². The predicted octanol–water partition coefficient (Wildman–Crippen LogP) is 2.56. The Balaban J connectivity index is 0.000000791. The fraction of sp³-hybridized carbons (Fsp3) is 0.417. The quantitative estimate of drug-likeness (QED) is 0.799. The Kier molecular flexibility index (Phi) is 6.68. The first-order valence-corrected chi connectivity index (χ1v) is 4.98. The molecule has 1 rings (SSSR count). The van der Waals surface area contributed by atoms with Crippen LogP contribution in [0.3, 0.4) is 0 Å². The molecular formula is C12H19NO. The monoisotopic (exact) mass is 193 g/mol. The molecule has 0 saturated heterocycles. The van der Waals surface area contributed by atoms with Crippen LogP contribution in [0, 0.1) is 0 Å². The number of rotatable bonds is 3. The van der Waals surface area contributed by atoms with Crippen LogP contribution in [-0.2, 0) is 4.79 Å². The molecule has 0 aliphatic heterocycles. The van der Waals surface area contributed by atoms with Gasteiger partial charge in [-0.25, -0.2) is 0 Å². The molecule has 0 aromatic heterocycles. The van der Waals surface area contributed by atoms with E-state index in [9.17, 15) is 4.79 Å². The van der Waals surface area contributed by atoms with E-state index >= 15 is 0 Å². The maximum Gasteiger partial charge on any atom is 0.151 e. The third kappa shape index (κ3) is 3.71. The fourth-order valence-electron chi connectivity index (χ4n) is 1.25. The summed E-state index contributed by atoms with van der Waals surface area (Å²) in [6, 6.07) is 9.54. The maximum absolute atomic E-state index is 11.1. The number of Topliss-reactive ketones (excluding diaryl/α,β-unsaturated/α-hetero) is 1. The molecule has 14 heavy (non-hydrogen) atoms. The van der Waals surface area contributed by atoms with Gasteiger partial charge in [0.2, 0.25) is 0 Å². The van der Waals surface area contributed by atoms with Gasteiger partial charge in [-0.15, -0.1) is 0 Å². The van der Waals surface area contributed by atoms with Crippen LogP contribution in [-0.4, -0.2) is 12.8 Å². The van der Waals surface area contributed by atoms with Gasteiger partial charge >= 0.3 is 0 Å². The molecule has 1 unspecified atom stereocenters. The second kappa shape index (κ2) is 7.27. The van der Waals surface area contributed by atoms with E-state index in [1.807, 2.05) is 44.2 Å². The summed E-state index contributed by atoms with van der Waals surface area (Å²) in [6.07, 6.45) is 0. The van der Waals surface area contributed by atoms with Crippen LogP contribution >= 0.6 is 0 Å². The molecule has 1 aromatic carbocycles. The van der Waals surface area contributed by atoms with E-state index < -0.39 is 0 Å². The second-order valence-electron chi connectivity index (χ2n) is 2.74. The van der Waals surface area contributed by atoms with E-state index in [1.54, 1.807) is 14.0 Å². The van der Waals surface area contributed by atoms with E-state index in [1.165, 1.54) is 0 Å². The van der Waals surface area contributed by atoms with Crippen LogP contribution in [0.25, 0.3) is 0 Å². The Morgan fingerprint density at radius 1 is 1.21 bits per heavy atom. The highest BCUT2D eigenvalue weighted by Crippen LogP contribution is 2.11. The summed E-state index contributed by atoms with van der Waals surface area (Å²) < 4.78 is 0. The summed E-state index contributed by atoms with van der Waals surface area (Å²) in [5, 5.41) is 2.97. The highest BCUT2D eigenvalue weighted by atomic mass is 16.1. The van der Waals surface area contributed by atoms with Crippen LogP contribution < -0.4 is 5.32 Å². The van der Waals surface area contributed by atoms with Gasteiger partial charge in [0.1, 0.15) is 0 Å². The number of ketones is 1. The van der Waals surface area contributed by atoms with Crippen LogP contribution in [0.2, 0.25) is 0 Å². The molecule has 1 atom stereocenters. The molecular weight excluding hydrogens is 174 g/mol. The summed E-state index contributed by atoms with van der Waals surface area (Å²) in [5.41, 5.74) is 1.02. The third-order valence-electron chi connectivity index (χ3n) is 1.83. The topological polar surface area (TPSA) is 29.1 Å². The van der Waals surface area contributed by atoms with Crippen molar-refractivity contribution in [3.8, 4) is 0 Å². The zero-order valence-electron chi connectivity index (χ0n) is 9.37. The highest BCUT2D eigenvalue weighted by molar-refractivity contribution is 5.82. The molecule has 0 radical (unpaired) electrons. The minimum Gasteiger partial charge on any atom is -0.307 e. The van der Waals surface area contributed by atoms with E-state index in [0.29, 0.717) is 0 Å². The second-order valence-corrected chi connectivity index (χ2v) is 2.74. The summed E-state index contributed by atoms with van der Waals surface area (Å²) in [5.74, 6) is 0.142. The third-order valence-corrected chi connectivity index (χ3v) is 1.83. The number of benzene rings is 1. The maximum atomic E-state index is 11.1. The first-order chi connectivity index (χ1) is 6.75. The van der Waals surface area contributed by atoms with E-state index in [0.717, 1.165) is 5.56 Å².